The van der Waals surface area contributed by atoms with Gasteiger partial charge in [0.05, 0.1) is 22.7 Å². The first-order valence-corrected chi connectivity index (χ1v) is 5.85. The van der Waals surface area contributed by atoms with Crippen molar-refractivity contribution in [3.05, 3.63) is 64.2 Å². The number of benzene rings is 1. The highest BCUT2D eigenvalue weighted by Crippen LogP contribution is 2.21. The highest BCUT2D eigenvalue weighted by molar-refractivity contribution is 6.34. The smallest absolute Gasteiger partial charge is 0.173 e. The van der Waals surface area contributed by atoms with Gasteiger partial charge >= 0.3 is 0 Å². The van der Waals surface area contributed by atoms with Crippen molar-refractivity contribution in [3.8, 4) is 0 Å². The zero-order valence-corrected chi connectivity index (χ0v) is 10.5. The van der Waals surface area contributed by atoms with E-state index in [2.05, 4.69) is 4.98 Å². The van der Waals surface area contributed by atoms with Crippen LogP contribution in [-0.2, 0) is 6.42 Å². The molecule has 2 nitrogen and oxygen atoms in total. The number of rotatable bonds is 3. The molecule has 0 radical (unpaired) electrons. The van der Waals surface area contributed by atoms with Crippen LogP contribution in [0.2, 0.25) is 5.02 Å². The number of nitrogens with zero attached hydrogens (tertiary/aromatic N) is 1. The summed E-state index contributed by atoms with van der Waals surface area (Å²) in [5.74, 6) is -0.957. The molecule has 0 spiro atoms. The van der Waals surface area contributed by atoms with Crippen molar-refractivity contribution in [2.24, 2.45) is 0 Å². The number of carbonyl (C=O) groups excluding carboxylic acids is 1. The van der Waals surface area contributed by atoms with E-state index in [0.717, 1.165) is 5.56 Å². The summed E-state index contributed by atoms with van der Waals surface area (Å²) >= 11 is 5.85. The standard InChI is InChI=1S/C14H11ClFNO/c1-9-4-3-7-17-12(9)8-13(18)14-10(15)5-2-6-11(14)16/h2-7H,8H2,1H3. The van der Waals surface area contributed by atoms with Gasteiger partial charge < -0.3 is 0 Å². The molecule has 1 aromatic heterocycles. The predicted molar refractivity (Wildman–Crippen MR) is 68.4 cm³/mol. The molecular weight excluding hydrogens is 253 g/mol. The lowest BCUT2D eigenvalue weighted by atomic mass is 10.0. The van der Waals surface area contributed by atoms with Crippen molar-refractivity contribution in [2.45, 2.75) is 13.3 Å². The number of aromatic nitrogens is 1. The monoisotopic (exact) mass is 263 g/mol. The first-order chi connectivity index (χ1) is 8.59. The Bertz CT molecular complexity index is 578. The van der Waals surface area contributed by atoms with E-state index in [1.807, 2.05) is 13.0 Å². The summed E-state index contributed by atoms with van der Waals surface area (Å²) in [5.41, 5.74) is 1.48. The van der Waals surface area contributed by atoms with Crippen LogP contribution in [0.25, 0.3) is 0 Å². The maximum atomic E-state index is 13.6. The number of pyridine rings is 1. The second-order valence-electron chi connectivity index (χ2n) is 3.96. The molecule has 2 aromatic rings. The number of hydrogen-bond acceptors (Lipinski definition) is 2. The molecule has 0 unspecified atom stereocenters. The lowest BCUT2D eigenvalue weighted by Crippen LogP contribution is -2.09. The summed E-state index contributed by atoms with van der Waals surface area (Å²) in [6.45, 7) is 1.86. The fourth-order valence-corrected chi connectivity index (χ4v) is 1.98. The molecular formula is C14H11ClFNO. The molecule has 0 atom stereocenters. The Labute approximate surface area is 109 Å². The van der Waals surface area contributed by atoms with Crippen molar-refractivity contribution in [1.29, 1.82) is 0 Å². The van der Waals surface area contributed by atoms with Crippen LogP contribution in [0.1, 0.15) is 21.6 Å². The molecule has 0 saturated heterocycles. The van der Waals surface area contributed by atoms with Gasteiger partial charge in [0, 0.05) is 6.20 Å². The van der Waals surface area contributed by atoms with Gasteiger partial charge in [0.15, 0.2) is 5.78 Å². The molecule has 92 valence electrons. The third kappa shape index (κ3) is 2.57. The Hall–Kier alpha value is -1.74. The number of ketones is 1. The Balaban J connectivity index is 2.31. The SMILES string of the molecule is Cc1cccnc1CC(=O)c1c(F)cccc1Cl. The van der Waals surface area contributed by atoms with Gasteiger partial charge in [-0.15, -0.1) is 0 Å². The Morgan fingerprint density at radius 2 is 2.11 bits per heavy atom. The number of carbonyl (C=O) groups is 1. The van der Waals surface area contributed by atoms with Gasteiger partial charge in [-0.25, -0.2) is 4.39 Å². The lowest BCUT2D eigenvalue weighted by Gasteiger charge is -2.06. The van der Waals surface area contributed by atoms with Crippen LogP contribution >= 0.6 is 11.6 Å². The summed E-state index contributed by atoms with van der Waals surface area (Å²) in [7, 11) is 0. The zero-order valence-electron chi connectivity index (χ0n) is 9.78. The van der Waals surface area contributed by atoms with Crippen molar-refractivity contribution in [2.75, 3.05) is 0 Å². The highest BCUT2D eigenvalue weighted by Gasteiger charge is 2.17. The van der Waals surface area contributed by atoms with Crippen LogP contribution in [0.5, 0.6) is 0 Å². The van der Waals surface area contributed by atoms with Crippen LogP contribution in [0.15, 0.2) is 36.5 Å². The predicted octanol–water partition coefficient (Wildman–Crippen LogP) is 3.61. The number of hydrogen-bond donors (Lipinski definition) is 0. The van der Waals surface area contributed by atoms with Gasteiger partial charge in [0.2, 0.25) is 0 Å². The molecule has 2 rings (SSSR count). The van der Waals surface area contributed by atoms with E-state index in [1.54, 1.807) is 12.3 Å². The molecule has 0 bridgehead atoms. The maximum absolute atomic E-state index is 13.6. The second kappa shape index (κ2) is 5.27. The molecule has 0 aliphatic carbocycles. The fourth-order valence-electron chi connectivity index (χ4n) is 1.71. The summed E-state index contributed by atoms with van der Waals surface area (Å²) in [4.78, 5) is 16.2. The molecule has 0 aliphatic heterocycles. The number of Topliss-reactive ketones (excluding diaryl/α,β-unsaturated/α-hetero) is 1. The van der Waals surface area contributed by atoms with Gasteiger partial charge in [0.25, 0.3) is 0 Å². The minimum absolute atomic E-state index is 0.0489. The highest BCUT2D eigenvalue weighted by atomic mass is 35.5. The molecule has 0 saturated carbocycles. The van der Waals surface area contributed by atoms with Crippen molar-refractivity contribution >= 4 is 17.4 Å². The first kappa shape index (κ1) is 12.7. The third-order valence-corrected chi connectivity index (χ3v) is 3.00. The molecule has 18 heavy (non-hydrogen) atoms. The van der Waals surface area contributed by atoms with E-state index in [0.29, 0.717) is 5.69 Å². The van der Waals surface area contributed by atoms with E-state index < -0.39 is 5.82 Å². The van der Waals surface area contributed by atoms with Crippen LogP contribution in [-0.4, -0.2) is 10.8 Å². The summed E-state index contributed by atoms with van der Waals surface area (Å²) in [6, 6.07) is 7.85. The minimum atomic E-state index is -0.596. The van der Waals surface area contributed by atoms with Gasteiger partial charge in [-0.2, -0.15) is 0 Å². The fraction of sp³-hybridized carbons (Fsp3) is 0.143. The van der Waals surface area contributed by atoms with E-state index in [9.17, 15) is 9.18 Å². The van der Waals surface area contributed by atoms with Gasteiger partial charge in [0.1, 0.15) is 5.82 Å². The Morgan fingerprint density at radius 1 is 1.33 bits per heavy atom. The van der Waals surface area contributed by atoms with Crippen LogP contribution in [0.4, 0.5) is 4.39 Å². The molecule has 4 heteroatoms. The summed E-state index contributed by atoms with van der Waals surface area (Å²) in [5, 5.41) is 0.133. The minimum Gasteiger partial charge on any atom is -0.294 e. The number of halogens is 2. The second-order valence-corrected chi connectivity index (χ2v) is 4.37. The molecule has 0 aliphatic rings. The molecule has 0 N–H and O–H groups in total. The largest absolute Gasteiger partial charge is 0.294 e. The number of aryl methyl sites for hydroxylation is 1. The maximum Gasteiger partial charge on any atom is 0.173 e. The average Bonchev–Trinajstić information content (AvgIpc) is 2.32. The summed E-state index contributed by atoms with van der Waals surface area (Å²) in [6.07, 6.45) is 1.66. The molecule has 0 fully saturated rings. The van der Waals surface area contributed by atoms with E-state index >= 15 is 0 Å². The van der Waals surface area contributed by atoms with Crippen molar-refractivity contribution in [1.82, 2.24) is 4.98 Å². The van der Waals surface area contributed by atoms with Crippen LogP contribution in [0.3, 0.4) is 0 Å². The van der Waals surface area contributed by atoms with E-state index in [4.69, 9.17) is 11.6 Å². The topological polar surface area (TPSA) is 30.0 Å². The van der Waals surface area contributed by atoms with Gasteiger partial charge in [-0.1, -0.05) is 23.7 Å². The third-order valence-electron chi connectivity index (χ3n) is 2.69. The molecule has 1 aromatic carbocycles. The Kier molecular flexibility index (Phi) is 3.72. The average molecular weight is 264 g/mol. The normalized spacial score (nSPS) is 10.4. The first-order valence-electron chi connectivity index (χ1n) is 5.47. The Morgan fingerprint density at radius 3 is 2.78 bits per heavy atom. The lowest BCUT2D eigenvalue weighted by molar-refractivity contribution is 0.0988. The van der Waals surface area contributed by atoms with Gasteiger partial charge in [-0.3, -0.25) is 9.78 Å². The molecule has 0 amide bonds. The quantitative estimate of drug-likeness (QED) is 0.792. The summed E-state index contributed by atoms with van der Waals surface area (Å²) < 4.78 is 13.6. The van der Waals surface area contributed by atoms with Crippen molar-refractivity contribution in [3.63, 3.8) is 0 Å². The zero-order chi connectivity index (χ0) is 13.1. The van der Waals surface area contributed by atoms with Crippen molar-refractivity contribution < 1.29 is 9.18 Å². The van der Waals surface area contributed by atoms with Crippen LogP contribution in [0, 0.1) is 12.7 Å². The van der Waals surface area contributed by atoms with Gasteiger partial charge in [-0.05, 0) is 30.7 Å². The van der Waals surface area contributed by atoms with E-state index in [-0.39, 0.29) is 22.8 Å². The van der Waals surface area contributed by atoms with E-state index in [1.165, 1.54) is 18.2 Å². The van der Waals surface area contributed by atoms with Crippen LogP contribution < -0.4 is 0 Å². The molecule has 1 heterocycles.